The van der Waals surface area contributed by atoms with Crippen molar-refractivity contribution in [2.45, 2.75) is 13.0 Å². The van der Waals surface area contributed by atoms with Gasteiger partial charge in [0, 0.05) is 30.1 Å². The van der Waals surface area contributed by atoms with Crippen LogP contribution in [0.4, 0.5) is 10.1 Å². The molecule has 150 valence electrons. The van der Waals surface area contributed by atoms with Crippen molar-refractivity contribution in [1.82, 2.24) is 10.3 Å². The van der Waals surface area contributed by atoms with Gasteiger partial charge in [0.25, 0.3) is 5.91 Å². The van der Waals surface area contributed by atoms with Crippen molar-refractivity contribution in [2.24, 2.45) is 5.92 Å². The molecule has 6 nitrogen and oxygen atoms in total. The lowest BCUT2D eigenvalue weighted by Crippen LogP contribution is -2.37. The molecular formula is C23H18FN3O3. The van der Waals surface area contributed by atoms with Crippen LogP contribution in [0, 0.1) is 11.7 Å². The van der Waals surface area contributed by atoms with Gasteiger partial charge in [0.15, 0.2) is 5.78 Å². The van der Waals surface area contributed by atoms with Crippen LogP contribution in [0.2, 0.25) is 0 Å². The normalized spacial score (nSPS) is 15.3. The molecule has 3 aromatic rings. The SMILES string of the molecule is O=C(NCc1ccncc1)c1ccc2c(c1)C(=O)C(Cc1cccc(F)c1)C(=O)N2. The molecular weight excluding hydrogens is 385 g/mol. The highest BCUT2D eigenvalue weighted by Gasteiger charge is 2.34. The molecule has 1 atom stereocenters. The van der Waals surface area contributed by atoms with Crippen molar-refractivity contribution < 1.29 is 18.8 Å². The van der Waals surface area contributed by atoms with Gasteiger partial charge in [-0.25, -0.2) is 4.39 Å². The summed E-state index contributed by atoms with van der Waals surface area (Å²) in [7, 11) is 0. The van der Waals surface area contributed by atoms with Crippen LogP contribution in [-0.2, 0) is 17.8 Å². The first-order valence-corrected chi connectivity index (χ1v) is 9.42. The van der Waals surface area contributed by atoms with Crippen LogP contribution < -0.4 is 10.6 Å². The lowest BCUT2D eigenvalue weighted by Gasteiger charge is -2.24. The lowest BCUT2D eigenvalue weighted by atomic mass is 9.86. The molecule has 0 aliphatic carbocycles. The molecule has 1 aliphatic heterocycles. The third-order valence-electron chi connectivity index (χ3n) is 4.97. The van der Waals surface area contributed by atoms with Gasteiger partial charge in [-0.2, -0.15) is 0 Å². The number of aromatic nitrogens is 1. The fourth-order valence-electron chi connectivity index (χ4n) is 3.40. The van der Waals surface area contributed by atoms with Gasteiger partial charge in [-0.05, 0) is 60.0 Å². The number of halogens is 1. The molecule has 0 radical (unpaired) electrons. The van der Waals surface area contributed by atoms with E-state index in [9.17, 15) is 18.8 Å². The third-order valence-corrected chi connectivity index (χ3v) is 4.97. The van der Waals surface area contributed by atoms with E-state index in [4.69, 9.17) is 0 Å². The van der Waals surface area contributed by atoms with Crippen molar-refractivity contribution in [2.75, 3.05) is 5.32 Å². The van der Waals surface area contributed by atoms with Crippen LogP contribution in [0.1, 0.15) is 31.8 Å². The van der Waals surface area contributed by atoms with Crippen molar-refractivity contribution in [3.8, 4) is 0 Å². The number of rotatable bonds is 5. The van der Waals surface area contributed by atoms with E-state index in [-0.39, 0.29) is 23.7 Å². The van der Waals surface area contributed by atoms with E-state index >= 15 is 0 Å². The Hall–Kier alpha value is -3.87. The molecule has 4 rings (SSSR count). The van der Waals surface area contributed by atoms with Gasteiger partial charge >= 0.3 is 0 Å². The molecule has 0 saturated carbocycles. The van der Waals surface area contributed by atoms with Crippen molar-refractivity contribution in [3.05, 3.63) is 95.1 Å². The molecule has 2 aromatic carbocycles. The minimum atomic E-state index is -0.977. The zero-order valence-corrected chi connectivity index (χ0v) is 15.9. The number of fused-ring (bicyclic) bond motifs is 1. The van der Waals surface area contributed by atoms with Gasteiger partial charge in [-0.15, -0.1) is 0 Å². The number of anilines is 1. The maximum absolute atomic E-state index is 13.5. The van der Waals surface area contributed by atoms with Crippen molar-refractivity contribution in [3.63, 3.8) is 0 Å². The highest BCUT2D eigenvalue weighted by Crippen LogP contribution is 2.28. The molecule has 0 fully saturated rings. The summed E-state index contributed by atoms with van der Waals surface area (Å²) in [5.74, 6) is -2.56. The number of hydrogen-bond acceptors (Lipinski definition) is 4. The maximum Gasteiger partial charge on any atom is 0.251 e. The predicted octanol–water partition coefficient (Wildman–Crippen LogP) is 3.14. The summed E-state index contributed by atoms with van der Waals surface area (Å²) in [6.07, 6.45) is 3.36. The number of carbonyl (C=O) groups excluding carboxylic acids is 3. The number of Topliss-reactive ketones (excluding diaryl/α,β-unsaturated/α-hetero) is 1. The first-order chi connectivity index (χ1) is 14.5. The summed E-state index contributed by atoms with van der Waals surface area (Å²) in [6, 6.07) is 14.0. The minimum absolute atomic E-state index is 0.0837. The highest BCUT2D eigenvalue weighted by atomic mass is 19.1. The predicted molar refractivity (Wildman–Crippen MR) is 108 cm³/mol. The van der Waals surface area contributed by atoms with Gasteiger partial charge in [-0.3, -0.25) is 19.4 Å². The van der Waals surface area contributed by atoms with Crippen LogP contribution in [0.5, 0.6) is 0 Å². The van der Waals surface area contributed by atoms with E-state index in [1.807, 2.05) is 0 Å². The number of nitrogens with one attached hydrogen (secondary N) is 2. The van der Waals surface area contributed by atoms with E-state index in [1.165, 1.54) is 24.3 Å². The van der Waals surface area contributed by atoms with Gasteiger partial charge in [0.05, 0.1) is 5.69 Å². The monoisotopic (exact) mass is 403 g/mol. The van der Waals surface area contributed by atoms with Gasteiger partial charge in [0.1, 0.15) is 11.7 Å². The van der Waals surface area contributed by atoms with E-state index in [1.54, 1.807) is 42.7 Å². The number of ketones is 1. The smallest absolute Gasteiger partial charge is 0.251 e. The molecule has 2 heterocycles. The highest BCUT2D eigenvalue weighted by molar-refractivity contribution is 6.21. The van der Waals surface area contributed by atoms with Gasteiger partial charge < -0.3 is 10.6 Å². The van der Waals surface area contributed by atoms with Crippen molar-refractivity contribution in [1.29, 1.82) is 0 Å². The minimum Gasteiger partial charge on any atom is -0.348 e. The largest absolute Gasteiger partial charge is 0.348 e. The molecule has 7 heteroatoms. The molecule has 0 bridgehead atoms. The van der Waals surface area contributed by atoms with E-state index < -0.39 is 17.6 Å². The molecule has 0 spiro atoms. The second-order valence-electron chi connectivity index (χ2n) is 7.04. The summed E-state index contributed by atoms with van der Waals surface area (Å²) in [5, 5.41) is 5.50. The van der Waals surface area contributed by atoms with Crippen LogP contribution >= 0.6 is 0 Å². The molecule has 1 aromatic heterocycles. The summed E-state index contributed by atoms with van der Waals surface area (Å²) in [4.78, 5) is 41.8. The molecule has 30 heavy (non-hydrogen) atoms. The van der Waals surface area contributed by atoms with Crippen LogP contribution in [0.25, 0.3) is 0 Å². The Morgan fingerprint density at radius 1 is 1.03 bits per heavy atom. The summed E-state index contributed by atoms with van der Waals surface area (Å²) >= 11 is 0. The second kappa shape index (κ2) is 8.24. The fraction of sp³-hybridized carbons (Fsp3) is 0.130. The number of amides is 2. The van der Waals surface area contributed by atoms with Gasteiger partial charge in [-0.1, -0.05) is 12.1 Å². The summed E-state index contributed by atoms with van der Waals surface area (Å²) in [5.41, 5.74) is 2.41. The van der Waals surface area contributed by atoms with E-state index in [0.29, 0.717) is 23.4 Å². The third kappa shape index (κ3) is 4.10. The molecule has 1 aliphatic rings. The van der Waals surface area contributed by atoms with Crippen LogP contribution in [0.15, 0.2) is 67.0 Å². The molecule has 1 unspecified atom stereocenters. The average molecular weight is 403 g/mol. The maximum atomic E-state index is 13.5. The summed E-state index contributed by atoms with van der Waals surface area (Å²) < 4.78 is 13.5. The first-order valence-electron chi connectivity index (χ1n) is 9.42. The zero-order chi connectivity index (χ0) is 21.1. The van der Waals surface area contributed by atoms with Crippen molar-refractivity contribution >= 4 is 23.3 Å². The first kappa shape index (κ1) is 19.4. The zero-order valence-electron chi connectivity index (χ0n) is 15.9. The van der Waals surface area contributed by atoms with Crippen LogP contribution in [0.3, 0.4) is 0 Å². The Morgan fingerprint density at radius 2 is 1.83 bits per heavy atom. The fourth-order valence-corrected chi connectivity index (χ4v) is 3.40. The Balaban J connectivity index is 1.53. The lowest BCUT2D eigenvalue weighted by molar-refractivity contribution is -0.118. The molecule has 2 N–H and O–H groups in total. The number of pyridine rings is 1. The number of benzene rings is 2. The Kier molecular flexibility index (Phi) is 5.34. The Bertz CT molecular complexity index is 1130. The second-order valence-corrected chi connectivity index (χ2v) is 7.04. The van der Waals surface area contributed by atoms with E-state index in [0.717, 1.165) is 5.56 Å². The molecule has 0 saturated heterocycles. The van der Waals surface area contributed by atoms with E-state index in [2.05, 4.69) is 15.6 Å². The Labute approximate surface area is 172 Å². The van der Waals surface area contributed by atoms with Crippen LogP contribution in [-0.4, -0.2) is 22.6 Å². The molecule has 2 amide bonds. The topological polar surface area (TPSA) is 88.2 Å². The number of carbonyl (C=O) groups is 3. The number of nitrogens with zero attached hydrogens (tertiary/aromatic N) is 1. The Morgan fingerprint density at radius 3 is 2.60 bits per heavy atom. The van der Waals surface area contributed by atoms with Gasteiger partial charge in [0.2, 0.25) is 5.91 Å². The number of hydrogen-bond donors (Lipinski definition) is 2. The average Bonchev–Trinajstić information content (AvgIpc) is 2.75. The summed E-state index contributed by atoms with van der Waals surface area (Å²) in [6.45, 7) is 0.325. The quantitative estimate of drug-likeness (QED) is 0.641. The standard InChI is InChI=1S/C23H18FN3O3/c24-17-3-1-2-15(10-17)11-19-21(28)18-12-16(4-5-20(18)27-23(19)30)22(29)26-13-14-6-8-25-9-7-14/h1-10,12,19H,11,13H2,(H,26,29)(H,27,30).